The van der Waals surface area contributed by atoms with E-state index in [4.69, 9.17) is 52.1 Å². The van der Waals surface area contributed by atoms with Crippen LogP contribution in [-0.4, -0.2) is 149 Å². The Morgan fingerprint density at radius 2 is 1.48 bits per heavy atom. The van der Waals surface area contributed by atoms with Gasteiger partial charge in [-0.25, -0.2) is 0 Å². The van der Waals surface area contributed by atoms with Gasteiger partial charge in [0.25, 0.3) is 0 Å². The quantitative estimate of drug-likeness (QED) is 0.230. The van der Waals surface area contributed by atoms with Crippen LogP contribution in [0.15, 0.2) is 24.3 Å². The van der Waals surface area contributed by atoms with E-state index in [9.17, 15) is 19.8 Å². The van der Waals surface area contributed by atoms with Crippen molar-refractivity contribution in [2.75, 3.05) is 35.0 Å². The van der Waals surface area contributed by atoms with E-state index in [1.165, 1.54) is 14.2 Å². The summed E-state index contributed by atoms with van der Waals surface area (Å²) in [4.78, 5) is 27.8. The summed E-state index contributed by atoms with van der Waals surface area (Å²) in [5, 5.41) is 23.0. The zero-order chi connectivity index (χ0) is 41.1. The van der Waals surface area contributed by atoms with Crippen molar-refractivity contribution in [3.8, 4) is 0 Å². The van der Waals surface area contributed by atoms with Gasteiger partial charge in [-0.15, -0.1) is 0 Å². The molecule has 5 fully saturated rings. The smallest absolute Gasteiger partial charge is 0.309 e. The topological polar surface area (TPSA) is 176 Å². The number of rotatable bonds is 11. The van der Waals surface area contributed by atoms with E-state index in [2.05, 4.69) is 13.8 Å². The molecule has 0 unspecified atom stereocenters. The predicted octanol–water partition coefficient (Wildman–Crippen LogP) is 3.26. The first-order valence-electron chi connectivity index (χ1n) is 20.0. The van der Waals surface area contributed by atoms with Gasteiger partial charge in [-0.05, 0) is 25.3 Å². The maximum absolute atomic E-state index is 14.0. The molecule has 0 amide bonds. The molecule has 5 aliphatic rings. The molecule has 4 bridgehead atoms. The lowest BCUT2D eigenvalue weighted by molar-refractivity contribution is -0.358. The summed E-state index contributed by atoms with van der Waals surface area (Å²) in [6, 6.07) is 0. The van der Waals surface area contributed by atoms with Crippen molar-refractivity contribution >= 4 is 11.8 Å². The van der Waals surface area contributed by atoms with Crippen molar-refractivity contribution < 1.29 is 71.9 Å². The molecule has 15 nitrogen and oxygen atoms in total. The minimum Gasteiger partial charge on any atom is -0.457 e. The van der Waals surface area contributed by atoms with E-state index < -0.39 is 115 Å². The fraction of sp³-hybridized carbons (Fsp3) is 0.854. The van der Waals surface area contributed by atoms with E-state index in [1.54, 1.807) is 21.1 Å². The number of fused-ring (bicyclic) bond motifs is 4. The number of aliphatic hydroxyl groups is 2. The highest BCUT2D eigenvalue weighted by molar-refractivity contribution is 5.86. The van der Waals surface area contributed by atoms with E-state index in [0.717, 1.165) is 0 Å². The Hall–Kier alpha value is -1.86. The number of carbonyl (C=O) groups excluding carboxylic acids is 2. The van der Waals surface area contributed by atoms with Crippen molar-refractivity contribution in [3.05, 3.63) is 24.3 Å². The molecule has 0 aromatic rings. The van der Waals surface area contributed by atoms with Gasteiger partial charge in [0.15, 0.2) is 18.4 Å². The second kappa shape index (κ2) is 19.0. The molecule has 0 saturated carbocycles. The van der Waals surface area contributed by atoms with Crippen molar-refractivity contribution in [1.29, 1.82) is 0 Å². The summed E-state index contributed by atoms with van der Waals surface area (Å²) in [5.41, 5.74) is -0.797. The summed E-state index contributed by atoms with van der Waals surface area (Å²) in [6.07, 6.45) is -2.52. The SMILES string of the molecule is CO[C@H]1[C@H](OC)[C@@H](O[C@H]2[C@H](OC)[C@@H](O[C@H]3C[C@H]4CC(=O)[C@]5(O)O[C@@H](C[C@@H]5C)C(C)(C)[C@H](/C=C/C=C/C(C)C)OC(=O)C[C@H](O4)[C@@H]3C)OC[C@@H]2O)O[C@@H](C)[C@@H]1OC. The lowest BCUT2D eigenvalue weighted by Gasteiger charge is -2.48. The van der Waals surface area contributed by atoms with Gasteiger partial charge >= 0.3 is 5.97 Å². The van der Waals surface area contributed by atoms with Crippen LogP contribution in [0.25, 0.3) is 0 Å². The third-order valence-electron chi connectivity index (χ3n) is 12.3. The molecule has 320 valence electrons. The van der Waals surface area contributed by atoms with Gasteiger partial charge < -0.3 is 62.3 Å². The number of Topliss-reactive ketones (excluding diaryl/α,β-unsaturated/α-hetero) is 1. The van der Waals surface area contributed by atoms with Crippen LogP contribution in [0.3, 0.4) is 0 Å². The number of allylic oxidation sites excluding steroid dienone is 3. The van der Waals surface area contributed by atoms with Crippen LogP contribution in [0, 0.1) is 23.2 Å². The first-order chi connectivity index (χ1) is 26.5. The molecule has 5 rings (SSSR count). The molecule has 0 spiro atoms. The number of cyclic esters (lactones) is 1. The highest BCUT2D eigenvalue weighted by Crippen LogP contribution is 2.46. The Labute approximate surface area is 331 Å². The number of methoxy groups -OCH3 is 4. The molecule has 0 aliphatic carbocycles. The number of ketones is 1. The van der Waals surface area contributed by atoms with Crippen LogP contribution in [-0.2, 0) is 61.7 Å². The Balaban J connectivity index is 1.39. The molecule has 2 N–H and O–H groups in total. The highest BCUT2D eigenvalue weighted by atomic mass is 16.8. The molecule has 5 aliphatic heterocycles. The summed E-state index contributed by atoms with van der Waals surface area (Å²) in [5.74, 6) is -3.62. The Bertz CT molecular complexity index is 1370. The number of carbonyl (C=O) groups is 2. The third-order valence-corrected chi connectivity index (χ3v) is 12.3. The molecule has 5 saturated heterocycles. The van der Waals surface area contributed by atoms with Crippen LogP contribution in [0.1, 0.15) is 74.1 Å². The van der Waals surface area contributed by atoms with Crippen LogP contribution in [0.2, 0.25) is 0 Å². The average molecular weight is 799 g/mol. The zero-order valence-electron chi connectivity index (χ0n) is 34.9. The van der Waals surface area contributed by atoms with Crippen molar-refractivity contribution in [2.24, 2.45) is 23.2 Å². The zero-order valence-corrected chi connectivity index (χ0v) is 34.9. The van der Waals surface area contributed by atoms with E-state index >= 15 is 0 Å². The lowest BCUT2D eigenvalue weighted by atomic mass is 9.77. The van der Waals surface area contributed by atoms with Gasteiger partial charge in [-0.3, -0.25) is 9.59 Å². The minimum atomic E-state index is -2.05. The number of ether oxygens (including phenoxy) is 11. The van der Waals surface area contributed by atoms with Gasteiger partial charge in [0.2, 0.25) is 5.79 Å². The van der Waals surface area contributed by atoms with Crippen molar-refractivity contribution in [1.82, 2.24) is 0 Å². The summed E-state index contributed by atoms with van der Waals surface area (Å²) in [7, 11) is 6.11. The number of hydrogen-bond donors (Lipinski definition) is 2. The lowest BCUT2D eigenvalue weighted by Crippen LogP contribution is -2.63. The molecule has 0 radical (unpaired) electrons. The van der Waals surface area contributed by atoms with E-state index in [-0.39, 0.29) is 31.8 Å². The standard InChI is InChI=1S/C41H66O15/c1-21(2)14-12-13-15-30-40(6,7)31-16-22(3)41(45,56-31)29(43)18-25-17-27(23(4)28(52-25)19-32(44)54-30)53-38-36(48-10)34(26(42)20-50-38)55-39-37(49-11)35(47-9)33(46-8)24(5)51-39/h12-15,21-28,30-31,33-39,42,45H,16-20H2,1-11H3/b14-12+,15-13+/t22-,23+,24-,25-,26-,27-,28-,30-,31-,33-,34+,35+,36-,37-,38+,39+,41+/m0/s1. The second-order valence-electron chi connectivity index (χ2n) is 17.0. The molecule has 0 aromatic carbocycles. The van der Waals surface area contributed by atoms with Gasteiger partial charge in [-0.2, -0.15) is 0 Å². The number of hydrogen-bond acceptors (Lipinski definition) is 15. The summed E-state index contributed by atoms with van der Waals surface area (Å²) < 4.78 is 67.2. The van der Waals surface area contributed by atoms with E-state index in [0.29, 0.717) is 12.3 Å². The van der Waals surface area contributed by atoms with Gasteiger partial charge in [0.05, 0.1) is 43.5 Å². The summed E-state index contributed by atoms with van der Waals surface area (Å²) in [6.45, 7) is 13.4. The van der Waals surface area contributed by atoms with Gasteiger partial charge in [0, 0.05) is 58.5 Å². The highest BCUT2D eigenvalue weighted by Gasteiger charge is 2.57. The number of esters is 1. The summed E-state index contributed by atoms with van der Waals surface area (Å²) >= 11 is 0. The first kappa shape index (κ1) is 45.2. The fourth-order valence-corrected chi connectivity index (χ4v) is 8.66. The molecule has 0 aromatic heterocycles. The van der Waals surface area contributed by atoms with E-state index in [1.807, 2.05) is 52.0 Å². The fourth-order valence-electron chi connectivity index (χ4n) is 8.66. The molecular formula is C41H66O15. The predicted molar refractivity (Wildman–Crippen MR) is 200 cm³/mol. The minimum absolute atomic E-state index is 0.109. The molecule has 5 heterocycles. The average Bonchev–Trinajstić information content (AvgIpc) is 3.47. The molecule has 15 heteroatoms. The molecule has 17 atom stereocenters. The third kappa shape index (κ3) is 9.61. The van der Waals surface area contributed by atoms with Gasteiger partial charge in [-0.1, -0.05) is 59.8 Å². The molecular weight excluding hydrogens is 732 g/mol. The van der Waals surface area contributed by atoms with Crippen LogP contribution in [0.5, 0.6) is 0 Å². The normalized spacial score (nSPS) is 45.1. The monoisotopic (exact) mass is 798 g/mol. The number of aliphatic hydroxyl groups excluding tert-OH is 1. The Kier molecular flexibility index (Phi) is 15.4. The Morgan fingerprint density at radius 1 is 0.821 bits per heavy atom. The first-order valence-corrected chi connectivity index (χ1v) is 20.0. The maximum Gasteiger partial charge on any atom is 0.309 e. The van der Waals surface area contributed by atoms with Crippen LogP contribution in [0.4, 0.5) is 0 Å². The van der Waals surface area contributed by atoms with Crippen LogP contribution < -0.4 is 0 Å². The Morgan fingerprint density at radius 3 is 2.12 bits per heavy atom. The maximum atomic E-state index is 14.0. The largest absolute Gasteiger partial charge is 0.457 e. The van der Waals surface area contributed by atoms with Gasteiger partial charge in [0.1, 0.15) is 42.7 Å². The second-order valence-corrected chi connectivity index (χ2v) is 17.0. The van der Waals surface area contributed by atoms with Crippen molar-refractivity contribution in [3.63, 3.8) is 0 Å². The van der Waals surface area contributed by atoms with Crippen molar-refractivity contribution in [2.45, 2.75) is 166 Å². The van der Waals surface area contributed by atoms with Crippen LogP contribution >= 0.6 is 0 Å². The molecule has 56 heavy (non-hydrogen) atoms.